The van der Waals surface area contributed by atoms with Gasteiger partial charge in [0.15, 0.2) is 0 Å². The van der Waals surface area contributed by atoms with E-state index < -0.39 is 0 Å². The van der Waals surface area contributed by atoms with Crippen molar-refractivity contribution >= 4 is 21.8 Å². The summed E-state index contributed by atoms with van der Waals surface area (Å²) in [6.45, 7) is 5.74. The first-order chi connectivity index (χ1) is 7.00. The van der Waals surface area contributed by atoms with E-state index in [2.05, 4.69) is 26.4 Å². The number of rotatable bonds is 4. The molecule has 1 aromatic heterocycles. The van der Waals surface area contributed by atoms with Crippen LogP contribution in [0.4, 0.5) is 0 Å². The van der Waals surface area contributed by atoms with Gasteiger partial charge in [0.1, 0.15) is 11.3 Å². The van der Waals surface area contributed by atoms with E-state index in [0.717, 1.165) is 6.42 Å². The van der Waals surface area contributed by atoms with Crippen molar-refractivity contribution < 1.29 is 9.32 Å². The van der Waals surface area contributed by atoms with Crippen LogP contribution >= 0.6 is 15.9 Å². The maximum absolute atomic E-state index is 11.7. The van der Waals surface area contributed by atoms with Gasteiger partial charge in [-0.15, -0.1) is 0 Å². The molecule has 0 aromatic carbocycles. The fourth-order valence-electron chi connectivity index (χ4n) is 1.36. The maximum atomic E-state index is 11.7. The summed E-state index contributed by atoms with van der Waals surface area (Å²) in [5, 5.41) is 6.45. The molecule has 0 spiro atoms. The number of nitrogens with zero attached hydrogens (tertiary/aromatic N) is 1. The highest BCUT2D eigenvalue weighted by molar-refractivity contribution is 9.09. The fourth-order valence-corrected chi connectivity index (χ4v) is 1.93. The average molecular weight is 275 g/mol. The van der Waals surface area contributed by atoms with Gasteiger partial charge in [-0.2, -0.15) is 0 Å². The Kier molecular flexibility index (Phi) is 4.32. The summed E-state index contributed by atoms with van der Waals surface area (Å²) >= 11 is 3.45. The molecule has 0 radical (unpaired) electrons. The molecule has 2 atom stereocenters. The van der Waals surface area contributed by atoms with Crippen molar-refractivity contribution in [2.24, 2.45) is 0 Å². The molecule has 1 rings (SSSR count). The monoisotopic (exact) mass is 274 g/mol. The Hall–Kier alpha value is -0.840. The van der Waals surface area contributed by atoms with Crippen LogP contribution in [-0.2, 0) is 0 Å². The predicted octanol–water partition coefficient (Wildman–Crippen LogP) is 2.27. The second kappa shape index (κ2) is 5.30. The number of carbonyl (C=O) groups excluding carboxylic acids is 1. The zero-order valence-electron chi connectivity index (χ0n) is 9.08. The van der Waals surface area contributed by atoms with E-state index >= 15 is 0 Å². The van der Waals surface area contributed by atoms with E-state index in [1.165, 1.54) is 6.20 Å². The van der Waals surface area contributed by atoms with Crippen molar-refractivity contribution in [3.05, 3.63) is 17.5 Å². The first kappa shape index (κ1) is 12.2. The van der Waals surface area contributed by atoms with Crippen LogP contribution in [0.3, 0.4) is 0 Å². The Morgan fingerprint density at radius 1 is 1.67 bits per heavy atom. The predicted molar refractivity (Wildman–Crippen MR) is 61.2 cm³/mol. The molecule has 2 unspecified atom stereocenters. The van der Waals surface area contributed by atoms with Gasteiger partial charge < -0.3 is 9.84 Å². The van der Waals surface area contributed by atoms with Crippen molar-refractivity contribution in [2.45, 2.75) is 38.1 Å². The van der Waals surface area contributed by atoms with Gasteiger partial charge in [-0.25, -0.2) is 0 Å². The molecule has 0 aliphatic rings. The number of halogens is 1. The number of hydrogen-bond acceptors (Lipinski definition) is 3. The number of carbonyl (C=O) groups is 1. The summed E-state index contributed by atoms with van der Waals surface area (Å²) in [6, 6.07) is 0.126. The SMILES string of the molecule is Cc1oncc1C(=O)NC(C)CC(C)Br. The molecule has 0 aliphatic heterocycles. The highest BCUT2D eigenvalue weighted by Gasteiger charge is 2.15. The second-order valence-electron chi connectivity index (χ2n) is 3.69. The Bertz CT molecular complexity index is 336. The van der Waals surface area contributed by atoms with E-state index in [4.69, 9.17) is 4.52 Å². The van der Waals surface area contributed by atoms with Gasteiger partial charge in [0, 0.05) is 10.9 Å². The van der Waals surface area contributed by atoms with Crippen molar-refractivity contribution in [3.63, 3.8) is 0 Å². The van der Waals surface area contributed by atoms with Crippen LogP contribution in [-0.4, -0.2) is 21.9 Å². The standard InChI is InChI=1S/C10H15BrN2O2/c1-6(11)4-7(2)13-10(14)9-5-12-15-8(9)3/h5-7H,4H2,1-3H3,(H,13,14). The number of hydrogen-bond donors (Lipinski definition) is 1. The highest BCUT2D eigenvalue weighted by Crippen LogP contribution is 2.09. The Morgan fingerprint density at radius 2 is 2.33 bits per heavy atom. The second-order valence-corrected chi connectivity index (χ2v) is 5.25. The summed E-state index contributed by atoms with van der Waals surface area (Å²) in [5.41, 5.74) is 0.504. The molecule has 0 saturated heterocycles. The molecular formula is C10H15BrN2O2. The number of alkyl halides is 1. The molecule has 0 fully saturated rings. The van der Waals surface area contributed by atoms with E-state index in [1.54, 1.807) is 6.92 Å². The molecule has 5 heteroatoms. The molecule has 1 heterocycles. The van der Waals surface area contributed by atoms with Gasteiger partial charge in [-0.1, -0.05) is 28.0 Å². The largest absolute Gasteiger partial charge is 0.361 e. The van der Waals surface area contributed by atoms with Crippen LogP contribution < -0.4 is 5.32 Å². The summed E-state index contributed by atoms with van der Waals surface area (Å²) in [7, 11) is 0. The van der Waals surface area contributed by atoms with Gasteiger partial charge in [0.25, 0.3) is 5.91 Å². The van der Waals surface area contributed by atoms with Crippen molar-refractivity contribution in [3.8, 4) is 0 Å². The minimum Gasteiger partial charge on any atom is -0.361 e. The minimum absolute atomic E-state index is 0.126. The first-order valence-corrected chi connectivity index (χ1v) is 5.78. The molecule has 0 saturated carbocycles. The molecule has 15 heavy (non-hydrogen) atoms. The van der Waals surface area contributed by atoms with Crippen LogP contribution in [0.2, 0.25) is 0 Å². The Morgan fingerprint density at radius 3 is 2.80 bits per heavy atom. The fraction of sp³-hybridized carbons (Fsp3) is 0.600. The normalized spacial score (nSPS) is 14.7. The third-order valence-corrected chi connectivity index (χ3v) is 2.43. The van der Waals surface area contributed by atoms with Crippen LogP contribution in [0.25, 0.3) is 0 Å². The Labute approximate surface area is 97.5 Å². The lowest BCUT2D eigenvalue weighted by molar-refractivity contribution is 0.0937. The zero-order valence-corrected chi connectivity index (χ0v) is 10.7. The molecule has 4 nitrogen and oxygen atoms in total. The average Bonchev–Trinajstić information content (AvgIpc) is 2.49. The van der Waals surface area contributed by atoms with Crippen LogP contribution in [0.1, 0.15) is 36.4 Å². The molecule has 0 bridgehead atoms. The Balaban J connectivity index is 2.53. The summed E-state index contributed by atoms with van der Waals surface area (Å²) in [6.07, 6.45) is 2.32. The third-order valence-electron chi connectivity index (χ3n) is 2.05. The smallest absolute Gasteiger partial charge is 0.256 e. The number of nitrogens with one attached hydrogen (secondary N) is 1. The minimum atomic E-state index is -0.130. The lowest BCUT2D eigenvalue weighted by Gasteiger charge is -2.14. The molecule has 1 amide bonds. The highest BCUT2D eigenvalue weighted by atomic mass is 79.9. The van der Waals surface area contributed by atoms with Crippen LogP contribution in [0, 0.1) is 6.92 Å². The quantitative estimate of drug-likeness (QED) is 0.858. The molecule has 0 aliphatic carbocycles. The lowest BCUT2D eigenvalue weighted by atomic mass is 10.2. The van der Waals surface area contributed by atoms with Crippen molar-refractivity contribution in [1.82, 2.24) is 10.5 Å². The lowest BCUT2D eigenvalue weighted by Crippen LogP contribution is -2.33. The maximum Gasteiger partial charge on any atom is 0.256 e. The summed E-state index contributed by atoms with van der Waals surface area (Å²) in [4.78, 5) is 12.1. The van der Waals surface area contributed by atoms with Crippen LogP contribution in [0.15, 0.2) is 10.7 Å². The molecule has 1 aromatic rings. The topological polar surface area (TPSA) is 55.1 Å². The van der Waals surface area contributed by atoms with E-state index in [9.17, 15) is 4.79 Å². The summed E-state index contributed by atoms with van der Waals surface area (Å²) < 4.78 is 4.83. The van der Waals surface area contributed by atoms with Gasteiger partial charge >= 0.3 is 0 Å². The molecule has 84 valence electrons. The van der Waals surface area contributed by atoms with Crippen LogP contribution in [0.5, 0.6) is 0 Å². The van der Waals surface area contributed by atoms with Gasteiger partial charge in [0.2, 0.25) is 0 Å². The van der Waals surface area contributed by atoms with Crippen molar-refractivity contribution in [1.29, 1.82) is 0 Å². The number of amides is 1. The zero-order chi connectivity index (χ0) is 11.4. The molecular weight excluding hydrogens is 260 g/mol. The van der Waals surface area contributed by atoms with Crippen molar-refractivity contribution in [2.75, 3.05) is 0 Å². The van der Waals surface area contributed by atoms with E-state index in [0.29, 0.717) is 16.2 Å². The molecule has 1 N–H and O–H groups in total. The van der Waals surface area contributed by atoms with Gasteiger partial charge in [0.05, 0.1) is 6.20 Å². The van der Waals surface area contributed by atoms with Gasteiger partial charge in [-0.05, 0) is 20.3 Å². The first-order valence-electron chi connectivity index (χ1n) is 4.87. The third kappa shape index (κ3) is 3.66. The number of aromatic nitrogens is 1. The number of aryl methyl sites for hydroxylation is 1. The summed E-state index contributed by atoms with van der Waals surface area (Å²) in [5.74, 6) is 0.418. The van der Waals surface area contributed by atoms with E-state index in [-0.39, 0.29) is 11.9 Å². The van der Waals surface area contributed by atoms with E-state index in [1.807, 2.05) is 13.8 Å². The van der Waals surface area contributed by atoms with Gasteiger partial charge in [-0.3, -0.25) is 4.79 Å².